The van der Waals surface area contributed by atoms with Crippen LogP contribution < -0.4 is 14.8 Å². The minimum Gasteiger partial charge on any atom is -0.454 e. The van der Waals surface area contributed by atoms with Crippen molar-refractivity contribution in [1.29, 1.82) is 0 Å². The van der Waals surface area contributed by atoms with Crippen molar-refractivity contribution in [3.05, 3.63) is 23.8 Å². The number of piperidine rings is 1. The lowest BCUT2D eigenvalue weighted by Crippen LogP contribution is -2.39. The van der Waals surface area contributed by atoms with Crippen molar-refractivity contribution in [2.24, 2.45) is 5.92 Å². The van der Waals surface area contributed by atoms with Gasteiger partial charge in [-0.3, -0.25) is 0 Å². The van der Waals surface area contributed by atoms with Gasteiger partial charge < -0.3 is 14.8 Å². The van der Waals surface area contributed by atoms with E-state index in [-0.39, 0.29) is 12.4 Å². The van der Waals surface area contributed by atoms with Gasteiger partial charge in [-0.15, -0.1) is 0 Å². The van der Waals surface area contributed by atoms with Crippen molar-refractivity contribution in [3.8, 4) is 11.5 Å². The summed E-state index contributed by atoms with van der Waals surface area (Å²) in [6, 6.07) is 4.39. The Kier molecular flexibility index (Phi) is 2.86. The molecule has 18 heavy (non-hydrogen) atoms. The summed E-state index contributed by atoms with van der Waals surface area (Å²) >= 11 is 0. The maximum Gasteiger partial charge on any atom is 0.277 e. The van der Waals surface area contributed by atoms with Gasteiger partial charge >= 0.3 is 0 Å². The Bertz CT molecular complexity index is 445. The second-order valence-corrected chi connectivity index (χ2v) is 4.73. The van der Waals surface area contributed by atoms with Crippen LogP contribution in [0, 0.1) is 5.92 Å². The van der Waals surface area contributed by atoms with Crippen LogP contribution in [-0.2, 0) is 5.92 Å². The zero-order valence-corrected chi connectivity index (χ0v) is 9.92. The van der Waals surface area contributed by atoms with Crippen LogP contribution in [0.5, 0.6) is 11.5 Å². The second-order valence-electron chi connectivity index (χ2n) is 4.73. The summed E-state index contributed by atoms with van der Waals surface area (Å²) in [4.78, 5) is 0. The second kappa shape index (κ2) is 4.39. The van der Waals surface area contributed by atoms with E-state index in [1.165, 1.54) is 12.1 Å². The van der Waals surface area contributed by atoms with Gasteiger partial charge in [-0.05, 0) is 37.6 Å². The lowest BCUT2D eigenvalue weighted by atomic mass is 9.88. The molecule has 1 fully saturated rings. The Morgan fingerprint density at radius 3 is 2.83 bits per heavy atom. The fourth-order valence-corrected chi connectivity index (χ4v) is 2.50. The Morgan fingerprint density at radius 1 is 1.22 bits per heavy atom. The van der Waals surface area contributed by atoms with E-state index in [0.29, 0.717) is 24.5 Å². The number of benzene rings is 1. The molecule has 2 aliphatic rings. The molecule has 0 amide bonds. The van der Waals surface area contributed by atoms with Crippen LogP contribution >= 0.6 is 0 Å². The standard InChI is InChI=1S/C13H15F2NO2/c14-13(15,10-2-1-5-16-7-10)9-3-4-11-12(6-9)18-8-17-11/h3-4,6,10,16H,1-2,5,7-8H2. The van der Waals surface area contributed by atoms with E-state index in [9.17, 15) is 8.78 Å². The maximum atomic E-state index is 14.4. The van der Waals surface area contributed by atoms with Crippen LogP contribution in [-0.4, -0.2) is 19.9 Å². The van der Waals surface area contributed by atoms with Gasteiger partial charge in [-0.1, -0.05) is 0 Å². The highest BCUT2D eigenvalue weighted by Gasteiger charge is 2.42. The summed E-state index contributed by atoms with van der Waals surface area (Å²) in [7, 11) is 0. The van der Waals surface area contributed by atoms with Gasteiger partial charge in [0.2, 0.25) is 6.79 Å². The van der Waals surface area contributed by atoms with Gasteiger partial charge in [0.25, 0.3) is 5.92 Å². The van der Waals surface area contributed by atoms with E-state index in [0.717, 1.165) is 13.0 Å². The van der Waals surface area contributed by atoms with Crippen LogP contribution in [0.4, 0.5) is 8.78 Å². The molecule has 1 saturated heterocycles. The topological polar surface area (TPSA) is 30.5 Å². The van der Waals surface area contributed by atoms with Crippen molar-refractivity contribution in [2.45, 2.75) is 18.8 Å². The fourth-order valence-electron chi connectivity index (χ4n) is 2.50. The van der Waals surface area contributed by atoms with Crippen molar-refractivity contribution in [2.75, 3.05) is 19.9 Å². The molecular formula is C13H15F2NO2. The molecule has 0 bridgehead atoms. The first kappa shape index (κ1) is 11.7. The molecule has 0 aromatic heterocycles. The fraction of sp³-hybridized carbons (Fsp3) is 0.538. The van der Waals surface area contributed by atoms with Gasteiger partial charge in [-0.2, -0.15) is 0 Å². The Morgan fingerprint density at radius 2 is 2.06 bits per heavy atom. The van der Waals surface area contributed by atoms with Gasteiger partial charge in [0.05, 0.1) is 0 Å². The number of fused-ring (bicyclic) bond motifs is 1. The number of ether oxygens (including phenoxy) is 2. The molecule has 1 atom stereocenters. The number of nitrogens with one attached hydrogen (secondary N) is 1. The molecule has 0 aliphatic carbocycles. The summed E-state index contributed by atoms with van der Waals surface area (Å²) in [5.74, 6) is -2.52. The van der Waals surface area contributed by atoms with Gasteiger partial charge in [-0.25, -0.2) is 8.78 Å². The largest absolute Gasteiger partial charge is 0.454 e. The van der Waals surface area contributed by atoms with Crippen LogP contribution in [0.1, 0.15) is 18.4 Å². The van der Waals surface area contributed by atoms with Gasteiger partial charge in [0.1, 0.15) is 0 Å². The quantitative estimate of drug-likeness (QED) is 0.880. The number of hydrogen-bond donors (Lipinski definition) is 1. The number of alkyl halides is 2. The molecule has 0 saturated carbocycles. The molecule has 3 nitrogen and oxygen atoms in total. The number of halogens is 2. The van der Waals surface area contributed by atoms with Crippen LogP contribution in [0.25, 0.3) is 0 Å². The molecule has 98 valence electrons. The molecule has 0 spiro atoms. The average Bonchev–Trinajstić information content (AvgIpc) is 2.87. The average molecular weight is 255 g/mol. The zero-order chi connectivity index (χ0) is 12.6. The van der Waals surface area contributed by atoms with E-state index >= 15 is 0 Å². The SMILES string of the molecule is FC(F)(c1ccc2c(c1)OCO2)C1CCCNC1. The first-order valence-electron chi connectivity index (χ1n) is 6.16. The third-order valence-corrected chi connectivity index (χ3v) is 3.57. The number of rotatable bonds is 2. The van der Waals surface area contributed by atoms with Crippen molar-refractivity contribution in [3.63, 3.8) is 0 Å². The van der Waals surface area contributed by atoms with Gasteiger partial charge in [0.15, 0.2) is 11.5 Å². The van der Waals surface area contributed by atoms with Crippen LogP contribution in [0.15, 0.2) is 18.2 Å². The Balaban J connectivity index is 1.87. The van der Waals surface area contributed by atoms with Crippen molar-refractivity contribution in [1.82, 2.24) is 5.32 Å². The predicted molar refractivity (Wildman–Crippen MR) is 62.1 cm³/mol. The van der Waals surface area contributed by atoms with E-state index in [1.807, 2.05) is 0 Å². The molecule has 1 aromatic carbocycles. The third kappa shape index (κ3) is 1.92. The molecule has 2 heterocycles. The highest BCUT2D eigenvalue weighted by atomic mass is 19.3. The zero-order valence-electron chi connectivity index (χ0n) is 9.92. The summed E-state index contributed by atoms with van der Waals surface area (Å²) in [6.07, 6.45) is 1.35. The summed E-state index contributed by atoms with van der Waals surface area (Å²) in [6.45, 7) is 1.30. The molecule has 1 N–H and O–H groups in total. The highest BCUT2D eigenvalue weighted by Crippen LogP contribution is 2.43. The number of hydrogen-bond acceptors (Lipinski definition) is 3. The minimum atomic E-state index is -2.82. The Hall–Kier alpha value is -1.36. The molecule has 1 unspecified atom stereocenters. The molecule has 5 heteroatoms. The van der Waals surface area contributed by atoms with Crippen molar-refractivity contribution < 1.29 is 18.3 Å². The van der Waals surface area contributed by atoms with Gasteiger partial charge in [0, 0.05) is 18.0 Å². The van der Waals surface area contributed by atoms with Crippen molar-refractivity contribution >= 4 is 0 Å². The normalized spacial score (nSPS) is 23.1. The maximum absolute atomic E-state index is 14.4. The summed E-state index contributed by atoms with van der Waals surface area (Å²) < 4.78 is 39.0. The lowest BCUT2D eigenvalue weighted by Gasteiger charge is -2.30. The van der Waals surface area contributed by atoms with E-state index in [1.54, 1.807) is 6.07 Å². The van der Waals surface area contributed by atoms with E-state index in [2.05, 4.69) is 5.32 Å². The first-order valence-corrected chi connectivity index (χ1v) is 6.16. The summed E-state index contributed by atoms with van der Waals surface area (Å²) in [5, 5.41) is 3.03. The summed E-state index contributed by atoms with van der Waals surface area (Å²) in [5.41, 5.74) is 0.0143. The van der Waals surface area contributed by atoms with E-state index < -0.39 is 11.8 Å². The van der Waals surface area contributed by atoms with E-state index in [4.69, 9.17) is 9.47 Å². The third-order valence-electron chi connectivity index (χ3n) is 3.57. The smallest absolute Gasteiger partial charge is 0.277 e. The molecule has 3 rings (SSSR count). The molecule has 1 aromatic rings. The predicted octanol–water partition coefficient (Wildman–Crippen LogP) is 2.51. The monoisotopic (exact) mass is 255 g/mol. The lowest BCUT2D eigenvalue weighted by molar-refractivity contribution is -0.0725. The first-order chi connectivity index (χ1) is 8.68. The highest BCUT2D eigenvalue weighted by molar-refractivity contribution is 5.45. The molecule has 2 aliphatic heterocycles. The minimum absolute atomic E-state index is 0.0143. The van der Waals surface area contributed by atoms with Crippen LogP contribution in [0.2, 0.25) is 0 Å². The van der Waals surface area contributed by atoms with Crippen LogP contribution in [0.3, 0.4) is 0 Å². The molecular weight excluding hydrogens is 240 g/mol. The Labute approximate surface area is 104 Å². The molecule has 0 radical (unpaired) electrons.